The van der Waals surface area contributed by atoms with E-state index in [1.807, 2.05) is 12.1 Å². The van der Waals surface area contributed by atoms with Gasteiger partial charge in [-0.3, -0.25) is 4.90 Å². The lowest BCUT2D eigenvalue weighted by Gasteiger charge is -2.26. The van der Waals surface area contributed by atoms with E-state index in [1.165, 1.54) is 5.56 Å². The van der Waals surface area contributed by atoms with Gasteiger partial charge in [0.15, 0.2) is 0 Å². The Morgan fingerprint density at radius 1 is 1.00 bits per heavy atom. The van der Waals surface area contributed by atoms with Gasteiger partial charge in [-0.1, -0.05) is 36.4 Å². The largest absolute Gasteiger partial charge is 0.379 e. The van der Waals surface area contributed by atoms with E-state index in [0.717, 1.165) is 61.8 Å². The van der Waals surface area contributed by atoms with Crippen LogP contribution in [0, 0.1) is 0 Å². The molecule has 0 amide bonds. The number of imidazole rings is 1. The molecule has 0 bridgehead atoms. The number of nitrogens with zero attached hydrogens (tertiary/aromatic N) is 3. The van der Waals surface area contributed by atoms with Crippen molar-refractivity contribution in [1.82, 2.24) is 14.5 Å². The Labute approximate surface area is 148 Å². The summed E-state index contributed by atoms with van der Waals surface area (Å²) in [6.45, 7) is 6.03. The Hall–Kier alpha value is -2.21. The molecule has 25 heavy (non-hydrogen) atoms. The van der Waals surface area contributed by atoms with Gasteiger partial charge in [-0.25, -0.2) is 4.98 Å². The molecule has 0 radical (unpaired) electrons. The van der Waals surface area contributed by atoms with Crippen molar-refractivity contribution in [1.29, 1.82) is 0 Å². The van der Waals surface area contributed by atoms with Gasteiger partial charge < -0.3 is 15.0 Å². The zero-order valence-corrected chi connectivity index (χ0v) is 14.4. The van der Waals surface area contributed by atoms with Gasteiger partial charge in [0.05, 0.1) is 24.2 Å². The minimum absolute atomic E-state index is 0.600. The van der Waals surface area contributed by atoms with E-state index in [2.05, 4.69) is 45.9 Å². The molecule has 1 fully saturated rings. The Balaban J connectivity index is 1.61. The first-order valence-electron chi connectivity index (χ1n) is 8.90. The number of fused-ring (bicyclic) bond motifs is 1. The molecule has 1 saturated heterocycles. The molecule has 1 aliphatic heterocycles. The zero-order chi connectivity index (χ0) is 17.1. The third-order valence-corrected chi connectivity index (χ3v) is 4.73. The van der Waals surface area contributed by atoms with E-state index in [9.17, 15) is 0 Å². The molecule has 2 heterocycles. The highest BCUT2D eigenvalue weighted by molar-refractivity contribution is 5.80. The monoisotopic (exact) mass is 336 g/mol. The molecule has 0 atom stereocenters. The average molecular weight is 336 g/mol. The van der Waals surface area contributed by atoms with Crippen LogP contribution in [-0.2, 0) is 17.8 Å². The quantitative estimate of drug-likeness (QED) is 0.778. The topological polar surface area (TPSA) is 56.3 Å². The van der Waals surface area contributed by atoms with Crippen molar-refractivity contribution >= 4 is 11.0 Å². The zero-order valence-electron chi connectivity index (χ0n) is 14.4. The molecule has 0 saturated carbocycles. The van der Waals surface area contributed by atoms with Crippen LogP contribution in [0.15, 0.2) is 48.5 Å². The Bertz CT molecular complexity index is 835. The number of nitrogens with two attached hydrogens (primary N) is 1. The van der Waals surface area contributed by atoms with Crippen LogP contribution in [-0.4, -0.2) is 47.3 Å². The van der Waals surface area contributed by atoms with Crippen LogP contribution in [0.2, 0.25) is 0 Å². The Kier molecular flexibility index (Phi) is 4.78. The maximum absolute atomic E-state index is 5.82. The molecule has 5 nitrogen and oxygen atoms in total. The molecule has 0 aliphatic carbocycles. The maximum Gasteiger partial charge on any atom is 0.141 e. The van der Waals surface area contributed by atoms with Crippen molar-refractivity contribution < 1.29 is 4.74 Å². The summed E-state index contributed by atoms with van der Waals surface area (Å²) in [6, 6.07) is 17.0. The lowest BCUT2D eigenvalue weighted by Crippen LogP contribution is -2.35. The summed E-state index contributed by atoms with van der Waals surface area (Å²) in [5.74, 6) is 0.990. The number of rotatable bonds is 5. The van der Waals surface area contributed by atoms with Crippen molar-refractivity contribution in [2.24, 2.45) is 5.73 Å². The van der Waals surface area contributed by atoms with Crippen LogP contribution >= 0.6 is 0 Å². The van der Waals surface area contributed by atoms with Crippen LogP contribution in [0.3, 0.4) is 0 Å². The molecule has 1 aromatic heterocycles. The predicted molar refractivity (Wildman–Crippen MR) is 100 cm³/mol. The number of para-hydroxylation sites is 2. The van der Waals surface area contributed by atoms with Gasteiger partial charge in [-0.2, -0.15) is 0 Å². The first kappa shape index (κ1) is 16.3. The molecule has 2 aromatic carbocycles. The van der Waals surface area contributed by atoms with E-state index >= 15 is 0 Å². The van der Waals surface area contributed by atoms with Crippen molar-refractivity contribution in [2.75, 3.05) is 32.8 Å². The third kappa shape index (κ3) is 3.44. The summed E-state index contributed by atoms with van der Waals surface area (Å²) in [5.41, 5.74) is 10.4. The second-order valence-electron chi connectivity index (χ2n) is 6.45. The highest BCUT2D eigenvalue weighted by Gasteiger charge is 2.13. The molecular formula is C20H24N4O. The summed E-state index contributed by atoms with van der Waals surface area (Å²) < 4.78 is 7.63. The fraction of sp³-hybridized carbons (Fsp3) is 0.350. The van der Waals surface area contributed by atoms with E-state index in [4.69, 9.17) is 15.5 Å². The molecule has 4 rings (SSSR count). The molecule has 1 aliphatic rings. The standard InChI is InChI=1S/C20H24N4O/c21-9-10-24-19-4-2-1-3-18(19)22-20(24)17-7-5-16(6-8-17)15-23-11-13-25-14-12-23/h1-8H,9-15,21H2. The molecule has 3 aromatic rings. The molecule has 0 spiro atoms. The van der Waals surface area contributed by atoms with Crippen LogP contribution < -0.4 is 5.73 Å². The van der Waals surface area contributed by atoms with Gasteiger partial charge in [0.25, 0.3) is 0 Å². The lowest BCUT2D eigenvalue weighted by atomic mass is 10.1. The van der Waals surface area contributed by atoms with Crippen molar-refractivity contribution in [2.45, 2.75) is 13.1 Å². The first-order valence-corrected chi connectivity index (χ1v) is 8.90. The van der Waals surface area contributed by atoms with Crippen molar-refractivity contribution in [3.63, 3.8) is 0 Å². The number of hydrogen-bond acceptors (Lipinski definition) is 4. The number of hydrogen-bond donors (Lipinski definition) is 1. The van der Waals surface area contributed by atoms with Gasteiger partial charge in [0.2, 0.25) is 0 Å². The van der Waals surface area contributed by atoms with Crippen LogP contribution in [0.1, 0.15) is 5.56 Å². The van der Waals surface area contributed by atoms with E-state index in [-0.39, 0.29) is 0 Å². The molecule has 5 heteroatoms. The van der Waals surface area contributed by atoms with Gasteiger partial charge in [0.1, 0.15) is 5.82 Å². The first-order chi connectivity index (χ1) is 12.3. The Morgan fingerprint density at radius 2 is 1.76 bits per heavy atom. The van der Waals surface area contributed by atoms with Crippen molar-refractivity contribution in [3.05, 3.63) is 54.1 Å². The highest BCUT2D eigenvalue weighted by Crippen LogP contribution is 2.25. The molecular weight excluding hydrogens is 312 g/mol. The number of ether oxygens (including phenoxy) is 1. The molecule has 2 N–H and O–H groups in total. The summed E-state index contributed by atoms with van der Waals surface area (Å²) in [5, 5.41) is 0. The summed E-state index contributed by atoms with van der Waals surface area (Å²) in [4.78, 5) is 7.26. The van der Waals surface area contributed by atoms with Gasteiger partial charge in [0, 0.05) is 38.3 Å². The number of benzene rings is 2. The number of aromatic nitrogens is 2. The van der Waals surface area contributed by atoms with E-state index in [1.54, 1.807) is 0 Å². The minimum atomic E-state index is 0.600. The van der Waals surface area contributed by atoms with Gasteiger partial charge in [-0.05, 0) is 17.7 Å². The predicted octanol–water partition coefficient (Wildman–Crippen LogP) is 2.49. The third-order valence-electron chi connectivity index (χ3n) is 4.73. The van der Waals surface area contributed by atoms with Crippen LogP contribution in [0.5, 0.6) is 0 Å². The van der Waals surface area contributed by atoms with Crippen LogP contribution in [0.25, 0.3) is 22.4 Å². The van der Waals surface area contributed by atoms with Crippen LogP contribution in [0.4, 0.5) is 0 Å². The second-order valence-corrected chi connectivity index (χ2v) is 6.45. The van der Waals surface area contributed by atoms with Gasteiger partial charge >= 0.3 is 0 Å². The molecule has 130 valence electrons. The summed E-state index contributed by atoms with van der Waals surface area (Å²) in [6.07, 6.45) is 0. The number of morpholine rings is 1. The SMILES string of the molecule is NCCn1c(-c2ccc(CN3CCOCC3)cc2)nc2ccccc21. The normalized spacial score (nSPS) is 15.7. The summed E-state index contributed by atoms with van der Waals surface area (Å²) in [7, 11) is 0. The fourth-order valence-electron chi connectivity index (χ4n) is 3.43. The second kappa shape index (κ2) is 7.35. The maximum atomic E-state index is 5.82. The lowest BCUT2D eigenvalue weighted by molar-refractivity contribution is 0.0342. The smallest absolute Gasteiger partial charge is 0.141 e. The van der Waals surface area contributed by atoms with Crippen molar-refractivity contribution in [3.8, 4) is 11.4 Å². The fourth-order valence-corrected chi connectivity index (χ4v) is 3.43. The average Bonchev–Trinajstić information content (AvgIpc) is 3.02. The van der Waals surface area contributed by atoms with E-state index in [0.29, 0.717) is 6.54 Å². The van der Waals surface area contributed by atoms with Gasteiger partial charge in [-0.15, -0.1) is 0 Å². The molecule has 0 unspecified atom stereocenters. The van der Waals surface area contributed by atoms with E-state index < -0.39 is 0 Å². The highest BCUT2D eigenvalue weighted by atomic mass is 16.5. The Morgan fingerprint density at radius 3 is 2.52 bits per heavy atom. The summed E-state index contributed by atoms with van der Waals surface area (Å²) >= 11 is 0. The minimum Gasteiger partial charge on any atom is -0.379 e.